The van der Waals surface area contributed by atoms with Crippen molar-refractivity contribution in [3.63, 3.8) is 0 Å². The van der Waals surface area contributed by atoms with Gasteiger partial charge in [-0.15, -0.1) is 0 Å². The summed E-state index contributed by atoms with van der Waals surface area (Å²) < 4.78 is 0. The number of halogens is 1. The van der Waals surface area contributed by atoms with Crippen molar-refractivity contribution in [2.45, 2.75) is 13.5 Å². The van der Waals surface area contributed by atoms with Gasteiger partial charge in [-0.25, -0.2) is 0 Å². The van der Waals surface area contributed by atoms with Crippen LogP contribution in [-0.2, 0) is 6.54 Å². The summed E-state index contributed by atoms with van der Waals surface area (Å²) in [6.07, 6.45) is 0. The minimum Gasteiger partial charge on any atom is -0.309 e. The van der Waals surface area contributed by atoms with E-state index >= 15 is 0 Å². The molecule has 0 atom stereocenters. The number of rotatable bonds is 5. The van der Waals surface area contributed by atoms with E-state index < -0.39 is 4.92 Å². The summed E-state index contributed by atoms with van der Waals surface area (Å²) in [6, 6.07) is 4.66. The van der Waals surface area contributed by atoms with Crippen molar-refractivity contribution in [1.29, 1.82) is 0 Å². The zero-order valence-corrected chi connectivity index (χ0v) is 9.75. The zero-order valence-electron chi connectivity index (χ0n) is 9.00. The van der Waals surface area contributed by atoms with Crippen LogP contribution in [0.25, 0.3) is 0 Å². The number of nitrogens with zero attached hydrogens (tertiary/aromatic N) is 1. The highest BCUT2D eigenvalue weighted by molar-refractivity contribution is 6.30. The predicted octanol–water partition coefficient (Wildman–Crippen LogP) is 2.91. The van der Waals surface area contributed by atoms with Crippen LogP contribution in [0.5, 0.6) is 0 Å². The number of nitro groups is 1. The van der Waals surface area contributed by atoms with Gasteiger partial charge in [0, 0.05) is 29.7 Å². The van der Waals surface area contributed by atoms with Crippen LogP contribution >= 0.6 is 11.6 Å². The molecule has 5 heteroatoms. The van der Waals surface area contributed by atoms with Gasteiger partial charge in [-0.05, 0) is 19.1 Å². The van der Waals surface area contributed by atoms with Gasteiger partial charge in [-0.3, -0.25) is 10.1 Å². The first kappa shape index (κ1) is 12.7. The monoisotopic (exact) mass is 240 g/mol. The van der Waals surface area contributed by atoms with E-state index in [1.165, 1.54) is 6.07 Å². The summed E-state index contributed by atoms with van der Waals surface area (Å²) >= 11 is 5.71. The standard InChI is InChI=1S/C11H13ClN2O2/c1-8(2)6-13-7-9-3-4-10(12)5-11(9)14(15)16/h3-5,13H,1,6-7H2,2H3. The summed E-state index contributed by atoms with van der Waals surface area (Å²) in [5.41, 5.74) is 1.65. The van der Waals surface area contributed by atoms with Crippen LogP contribution in [-0.4, -0.2) is 11.5 Å². The van der Waals surface area contributed by atoms with Crippen molar-refractivity contribution in [2.24, 2.45) is 0 Å². The molecule has 0 unspecified atom stereocenters. The molecule has 0 saturated heterocycles. The maximum atomic E-state index is 10.8. The van der Waals surface area contributed by atoms with Crippen molar-refractivity contribution in [2.75, 3.05) is 6.54 Å². The minimum atomic E-state index is -0.427. The van der Waals surface area contributed by atoms with E-state index in [-0.39, 0.29) is 5.69 Å². The molecule has 1 aromatic rings. The quantitative estimate of drug-likeness (QED) is 0.489. The van der Waals surface area contributed by atoms with E-state index in [1.54, 1.807) is 12.1 Å². The number of nitro benzene ring substituents is 1. The topological polar surface area (TPSA) is 55.2 Å². The van der Waals surface area contributed by atoms with E-state index in [1.807, 2.05) is 6.92 Å². The third-order valence-electron chi connectivity index (χ3n) is 1.99. The maximum Gasteiger partial charge on any atom is 0.275 e. The Balaban J connectivity index is 2.78. The molecule has 0 spiro atoms. The number of nitrogens with one attached hydrogen (secondary N) is 1. The van der Waals surface area contributed by atoms with Gasteiger partial charge in [0.25, 0.3) is 5.69 Å². The molecule has 16 heavy (non-hydrogen) atoms. The van der Waals surface area contributed by atoms with Crippen molar-refractivity contribution >= 4 is 17.3 Å². The Morgan fingerprint density at radius 3 is 2.88 bits per heavy atom. The predicted molar refractivity (Wildman–Crippen MR) is 64.6 cm³/mol. The molecule has 0 saturated carbocycles. The molecule has 0 heterocycles. The fraction of sp³-hybridized carbons (Fsp3) is 0.273. The van der Waals surface area contributed by atoms with Gasteiger partial charge >= 0.3 is 0 Å². The van der Waals surface area contributed by atoms with Crippen molar-refractivity contribution in [1.82, 2.24) is 5.32 Å². The lowest BCUT2D eigenvalue weighted by Gasteiger charge is -2.05. The lowest BCUT2D eigenvalue weighted by molar-refractivity contribution is -0.385. The van der Waals surface area contributed by atoms with Gasteiger partial charge in [0.2, 0.25) is 0 Å². The summed E-state index contributed by atoms with van der Waals surface area (Å²) in [4.78, 5) is 10.3. The molecule has 1 N–H and O–H groups in total. The van der Waals surface area contributed by atoms with E-state index in [0.717, 1.165) is 5.57 Å². The SMILES string of the molecule is C=C(C)CNCc1ccc(Cl)cc1[N+](=O)[O-]. The molecule has 86 valence electrons. The van der Waals surface area contributed by atoms with Crippen molar-refractivity contribution in [3.05, 3.63) is 51.1 Å². The smallest absolute Gasteiger partial charge is 0.275 e. The first-order chi connectivity index (χ1) is 7.50. The molecule has 1 aromatic carbocycles. The maximum absolute atomic E-state index is 10.8. The molecular formula is C11H13ClN2O2. The number of benzene rings is 1. The fourth-order valence-electron chi connectivity index (χ4n) is 1.27. The van der Waals surface area contributed by atoms with E-state index in [9.17, 15) is 10.1 Å². The van der Waals surface area contributed by atoms with Gasteiger partial charge in [-0.2, -0.15) is 0 Å². The third-order valence-corrected chi connectivity index (χ3v) is 2.22. The van der Waals surface area contributed by atoms with Crippen LogP contribution in [0.2, 0.25) is 5.02 Å². The molecule has 0 aliphatic rings. The van der Waals surface area contributed by atoms with Crippen LogP contribution in [0.1, 0.15) is 12.5 Å². The second-order valence-corrected chi connectivity index (χ2v) is 4.03. The minimum absolute atomic E-state index is 0.0433. The molecular weight excluding hydrogens is 228 g/mol. The molecule has 0 radical (unpaired) electrons. The Hall–Kier alpha value is -1.39. The molecule has 0 aliphatic heterocycles. The second kappa shape index (κ2) is 5.63. The number of hydrogen-bond donors (Lipinski definition) is 1. The molecule has 4 nitrogen and oxygen atoms in total. The summed E-state index contributed by atoms with van der Waals surface area (Å²) in [5.74, 6) is 0. The average Bonchev–Trinajstić information content (AvgIpc) is 2.19. The van der Waals surface area contributed by atoms with Crippen LogP contribution in [0.15, 0.2) is 30.4 Å². The molecule has 1 rings (SSSR count). The Kier molecular flexibility index (Phi) is 4.46. The fourth-order valence-corrected chi connectivity index (χ4v) is 1.43. The summed E-state index contributed by atoms with van der Waals surface area (Å²) in [6.45, 7) is 6.70. The molecule has 0 aliphatic carbocycles. The van der Waals surface area contributed by atoms with Crippen LogP contribution in [0.4, 0.5) is 5.69 Å². The first-order valence-corrected chi connectivity index (χ1v) is 5.16. The molecule has 0 amide bonds. The molecule has 0 bridgehead atoms. The summed E-state index contributed by atoms with van der Waals surface area (Å²) in [7, 11) is 0. The normalized spacial score (nSPS) is 10.1. The van der Waals surface area contributed by atoms with Gasteiger partial charge in [0.1, 0.15) is 0 Å². The van der Waals surface area contributed by atoms with Crippen LogP contribution in [0.3, 0.4) is 0 Å². The Labute approximate surface area is 99.1 Å². The van der Waals surface area contributed by atoms with Gasteiger partial charge in [0.05, 0.1) is 4.92 Å². The van der Waals surface area contributed by atoms with Gasteiger partial charge in [0.15, 0.2) is 0 Å². The second-order valence-electron chi connectivity index (χ2n) is 3.59. The van der Waals surface area contributed by atoms with E-state index in [2.05, 4.69) is 11.9 Å². The Morgan fingerprint density at radius 1 is 1.62 bits per heavy atom. The van der Waals surface area contributed by atoms with Crippen LogP contribution < -0.4 is 5.32 Å². The molecule has 0 aromatic heterocycles. The summed E-state index contributed by atoms with van der Waals surface area (Å²) in [5, 5.41) is 14.2. The lowest BCUT2D eigenvalue weighted by Crippen LogP contribution is -2.16. The Bertz CT molecular complexity index is 418. The zero-order chi connectivity index (χ0) is 12.1. The lowest BCUT2D eigenvalue weighted by atomic mass is 10.2. The highest BCUT2D eigenvalue weighted by Gasteiger charge is 2.13. The van der Waals surface area contributed by atoms with Gasteiger partial charge in [-0.1, -0.05) is 23.8 Å². The highest BCUT2D eigenvalue weighted by Crippen LogP contribution is 2.22. The highest BCUT2D eigenvalue weighted by atomic mass is 35.5. The van der Waals surface area contributed by atoms with Crippen molar-refractivity contribution in [3.8, 4) is 0 Å². The van der Waals surface area contributed by atoms with E-state index in [4.69, 9.17) is 11.6 Å². The first-order valence-electron chi connectivity index (χ1n) is 4.78. The van der Waals surface area contributed by atoms with Crippen molar-refractivity contribution < 1.29 is 4.92 Å². The van der Waals surface area contributed by atoms with E-state index in [0.29, 0.717) is 23.7 Å². The van der Waals surface area contributed by atoms with Gasteiger partial charge < -0.3 is 5.32 Å². The largest absolute Gasteiger partial charge is 0.309 e. The Morgan fingerprint density at radius 2 is 2.31 bits per heavy atom. The average molecular weight is 241 g/mol. The third kappa shape index (κ3) is 3.64. The van der Waals surface area contributed by atoms with Crippen LogP contribution in [0, 0.1) is 10.1 Å². The number of hydrogen-bond acceptors (Lipinski definition) is 3. The molecule has 0 fully saturated rings.